The molecule has 0 bridgehead atoms. The zero-order valence-electron chi connectivity index (χ0n) is 11.0. The number of phenolic OH excluding ortho intramolecular Hbond substituents is 1. The molecule has 2 aromatic carbocycles. The van der Waals surface area contributed by atoms with Gasteiger partial charge in [0.2, 0.25) is 0 Å². The zero-order chi connectivity index (χ0) is 14.5. The van der Waals surface area contributed by atoms with E-state index in [1.54, 1.807) is 6.07 Å². The zero-order valence-corrected chi connectivity index (χ0v) is 11.8. The summed E-state index contributed by atoms with van der Waals surface area (Å²) in [5, 5.41) is 13.8. The Bertz CT molecular complexity index is 668. The third kappa shape index (κ3) is 3.55. The molecule has 0 amide bonds. The van der Waals surface area contributed by atoms with E-state index in [4.69, 9.17) is 5.73 Å². The first kappa shape index (κ1) is 14.0. The smallest absolute Gasteiger partial charge is 0.184 e. The van der Waals surface area contributed by atoms with Crippen LogP contribution in [0.5, 0.6) is 5.75 Å². The van der Waals surface area contributed by atoms with Crippen LogP contribution >= 0.6 is 12.2 Å². The minimum absolute atomic E-state index is 0.0792. The standard InChI is InChI=1S/C15H15N3OS/c1-10-3-2-4-11(7-10)12-5-6-14(19)13(8-12)9-17-18-15(16)20/h2-9,19H,1H3,(H3,16,18,20)/b17-9+. The van der Waals surface area contributed by atoms with Gasteiger partial charge in [0.05, 0.1) is 6.21 Å². The Hall–Kier alpha value is -2.40. The summed E-state index contributed by atoms with van der Waals surface area (Å²) in [5.41, 5.74) is 11.6. The van der Waals surface area contributed by atoms with Crippen molar-refractivity contribution in [3.63, 3.8) is 0 Å². The summed E-state index contributed by atoms with van der Waals surface area (Å²) in [6.45, 7) is 2.04. The van der Waals surface area contributed by atoms with Gasteiger partial charge in [-0.1, -0.05) is 35.9 Å². The predicted molar refractivity (Wildman–Crippen MR) is 85.8 cm³/mol. The number of thiocarbonyl (C=S) groups is 1. The first-order chi connectivity index (χ1) is 9.56. The summed E-state index contributed by atoms with van der Waals surface area (Å²) in [6, 6.07) is 13.5. The molecule has 0 atom stereocenters. The van der Waals surface area contributed by atoms with Crippen molar-refractivity contribution in [3.05, 3.63) is 53.6 Å². The Morgan fingerprint density at radius 1 is 1.25 bits per heavy atom. The number of hydrogen-bond acceptors (Lipinski definition) is 3. The molecule has 0 spiro atoms. The number of phenols is 1. The van der Waals surface area contributed by atoms with Gasteiger partial charge in [-0.05, 0) is 42.4 Å². The molecule has 0 saturated heterocycles. The van der Waals surface area contributed by atoms with Gasteiger partial charge in [0.1, 0.15) is 5.75 Å². The Kier molecular flexibility index (Phi) is 4.32. The van der Waals surface area contributed by atoms with Gasteiger partial charge in [-0.3, -0.25) is 5.43 Å². The van der Waals surface area contributed by atoms with Gasteiger partial charge in [0.25, 0.3) is 0 Å². The van der Waals surface area contributed by atoms with Crippen LogP contribution in [0.2, 0.25) is 0 Å². The van der Waals surface area contributed by atoms with E-state index in [0.29, 0.717) is 5.56 Å². The van der Waals surface area contributed by atoms with Gasteiger partial charge < -0.3 is 10.8 Å². The van der Waals surface area contributed by atoms with E-state index in [1.165, 1.54) is 11.8 Å². The Balaban J connectivity index is 2.33. The van der Waals surface area contributed by atoms with Crippen molar-refractivity contribution in [1.82, 2.24) is 5.43 Å². The number of nitrogens with two attached hydrogens (primary N) is 1. The quantitative estimate of drug-likeness (QED) is 0.460. The highest BCUT2D eigenvalue weighted by atomic mass is 32.1. The van der Waals surface area contributed by atoms with Crippen molar-refractivity contribution in [3.8, 4) is 16.9 Å². The first-order valence-electron chi connectivity index (χ1n) is 6.05. The maximum Gasteiger partial charge on any atom is 0.184 e. The highest BCUT2D eigenvalue weighted by Crippen LogP contribution is 2.25. The van der Waals surface area contributed by atoms with Gasteiger partial charge in [0.15, 0.2) is 5.11 Å². The van der Waals surface area contributed by atoms with Gasteiger partial charge in [-0.2, -0.15) is 5.10 Å². The third-order valence-electron chi connectivity index (χ3n) is 2.76. The number of benzene rings is 2. The summed E-state index contributed by atoms with van der Waals surface area (Å²) in [4.78, 5) is 0. The molecule has 0 saturated carbocycles. The first-order valence-corrected chi connectivity index (χ1v) is 6.45. The van der Waals surface area contributed by atoms with E-state index in [9.17, 15) is 5.11 Å². The van der Waals surface area contributed by atoms with Crippen molar-refractivity contribution in [2.75, 3.05) is 0 Å². The number of nitrogens with zero attached hydrogens (tertiary/aromatic N) is 1. The maximum absolute atomic E-state index is 9.82. The molecule has 0 aromatic heterocycles. The topological polar surface area (TPSA) is 70.6 Å². The molecule has 20 heavy (non-hydrogen) atoms. The fourth-order valence-electron chi connectivity index (χ4n) is 1.83. The second kappa shape index (κ2) is 6.16. The van der Waals surface area contributed by atoms with Crippen LogP contribution < -0.4 is 11.2 Å². The van der Waals surface area contributed by atoms with E-state index >= 15 is 0 Å². The van der Waals surface area contributed by atoms with Crippen molar-refractivity contribution in [2.45, 2.75) is 6.92 Å². The number of aromatic hydroxyl groups is 1. The predicted octanol–water partition coefficient (Wildman–Crippen LogP) is 2.53. The molecule has 0 aliphatic rings. The molecule has 2 aromatic rings. The van der Waals surface area contributed by atoms with Gasteiger partial charge in [-0.25, -0.2) is 0 Å². The minimum atomic E-state index is 0.0792. The van der Waals surface area contributed by atoms with Gasteiger partial charge in [0, 0.05) is 5.56 Å². The number of aryl methyl sites for hydroxylation is 1. The lowest BCUT2D eigenvalue weighted by atomic mass is 10.0. The van der Waals surface area contributed by atoms with E-state index in [0.717, 1.165) is 11.1 Å². The van der Waals surface area contributed by atoms with Crippen molar-refractivity contribution in [1.29, 1.82) is 0 Å². The number of rotatable bonds is 3. The van der Waals surface area contributed by atoms with Gasteiger partial charge in [-0.15, -0.1) is 0 Å². The molecule has 5 heteroatoms. The lowest BCUT2D eigenvalue weighted by Gasteiger charge is -2.06. The molecule has 4 N–H and O–H groups in total. The molecule has 4 nitrogen and oxygen atoms in total. The van der Waals surface area contributed by atoms with Crippen LogP contribution in [-0.4, -0.2) is 16.4 Å². The molecule has 0 heterocycles. The van der Waals surface area contributed by atoms with Gasteiger partial charge >= 0.3 is 0 Å². The lowest BCUT2D eigenvalue weighted by Crippen LogP contribution is -2.23. The lowest BCUT2D eigenvalue weighted by molar-refractivity contribution is 0.474. The molecule has 0 aliphatic heterocycles. The maximum atomic E-state index is 9.82. The number of hydrogen-bond donors (Lipinski definition) is 3. The summed E-state index contributed by atoms with van der Waals surface area (Å²) < 4.78 is 0. The number of hydrazone groups is 1. The van der Waals surface area contributed by atoms with Crippen LogP contribution in [0.1, 0.15) is 11.1 Å². The van der Waals surface area contributed by atoms with Crippen LogP contribution in [0.4, 0.5) is 0 Å². The van der Waals surface area contributed by atoms with Crippen LogP contribution in [0.3, 0.4) is 0 Å². The second-order valence-electron chi connectivity index (χ2n) is 4.38. The van der Waals surface area contributed by atoms with E-state index in [1.807, 2.05) is 37.3 Å². The Morgan fingerprint density at radius 2 is 2.00 bits per heavy atom. The summed E-state index contributed by atoms with van der Waals surface area (Å²) >= 11 is 4.65. The monoisotopic (exact) mass is 285 g/mol. The fraction of sp³-hybridized carbons (Fsp3) is 0.0667. The van der Waals surface area contributed by atoms with Crippen molar-refractivity contribution >= 4 is 23.5 Å². The van der Waals surface area contributed by atoms with Crippen LogP contribution in [0.15, 0.2) is 47.6 Å². The average molecular weight is 285 g/mol. The van der Waals surface area contributed by atoms with E-state index in [2.05, 4.69) is 28.8 Å². The summed E-state index contributed by atoms with van der Waals surface area (Å²) in [5.74, 6) is 0.148. The summed E-state index contributed by atoms with van der Waals surface area (Å²) in [7, 11) is 0. The molecular formula is C15H15N3OS. The average Bonchev–Trinajstić information content (AvgIpc) is 2.40. The molecule has 2 rings (SSSR count). The molecular weight excluding hydrogens is 270 g/mol. The van der Waals surface area contributed by atoms with Crippen LogP contribution in [-0.2, 0) is 0 Å². The largest absolute Gasteiger partial charge is 0.507 e. The van der Waals surface area contributed by atoms with Crippen molar-refractivity contribution in [2.24, 2.45) is 10.8 Å². The highest BCUT2D eigenvalue weighted by Gasteiger charge is 2.03. The fourth-order valence-corrected chi connectivity index (χ4v) is 1.88. The molecule has 0 fully saturated rings. The molecule has 0 aliphatic carbocycles. The minimum Gasteiger partial charge on any atom is -0.507 e. The SMILES string of the molecule is Cc1cccc(-c2ccc(O)c(/C=N/NC(N)=S)c2)c1. The van der Waals surface area contributed by atoms with E-state index in [-0.39, 0.29) is 10.9 Å². The highest BCUT2D eigenvalue weighted by molar-refractivity contribution is 7.80. The third-order valence-corrected chi connectivity index (χ3v) is 2.85. The van der Waals surface area contributed by atoms with Crippen LogP contribution in [0.25, 0.3) is 11.1 Å². The van der Waals surface area contributed by atoms with Crippen molar-refractivity contribution < 1.29 is 5.11 Å². The number of nitrogens with one attached hydrogen (secondary N) is 1. The van der Waals surface area contributed by atoms with Crippen LogP contribution in [0, 0.1) is 6.92 Å². The second-order valence-corrected chi connectivity index (χ2v) is 4.82. The molecule has 0 radical (unpaired) electrons. The van der Waals surface area contributed by atoms with E-state index < -0.39 is 0 Å². The normalized spacial score (nSPS) is 10.7. The Labute approximate surface area is 122 Å². The molecule has 102 valence electrons. The molecule has 0 unspecified atom stereocenters. The summed E-state index contributed by atoms with van der Waals surface area (Å²) in [6.07, 6.45) is 1.48. The Morgan fingerprint density at radius 3 is 2.70 bits per heavy atom.